The van der Waals surface area contributed by atoms with E-state index in [1.165, 1.54) is 0 Å². The quantitative estimate of drug-likeness (QED) is 0.880. The zero-order chi connectivity index (χ0) is 16.5. The largest absolute Gasteiger partial charge is 0.390 e. The molecule has 2 aromatic heterocycles. The van der Waals surface area contributed by atoms with Crippen molar-refractivity contribution >= 4 is 11.6 Å². The number of rotatable bonds is 2. The zero-order valence-electron chi connectivity index (χ0n) is 13.8. The average molecular weight is 326 g/mol. The number of nitrogens with one attached hydrogen (secondary N) is 1. The third-order valence-electron chi connectivity index (χ3n) is 6.37. The first kappa shape index (κ1) is 14.4. The molecule has 4 bridgehead atoms. The first-order valence-corrected chi connectivity index (χ1v) is 8.85. The smallest absolute Gasteiger partial charge is 0.257 e. The number of fused-ring (bicyclic) bond motifs is 1. The van der Waals surface area contributed by atoms with Crippen molar-refractivity contribution in [1.82, 2.24) is 19.9 Å². The summed E-state index contributed by atoms with van der Waals surface area (Å²) in [5.41, 5.74) is 1.62. The Morgan fingerprint density at radius 2 is 2.08 bits per heavy atom. The van der Waals surface area contributed by atoms with Gasteiger partial charge in [-0.05, 0) is 62.8 Å². The highest BCUT2D eigenvalue weighted by atomic mass is 16.3. The van der Waals surface area contributed by atoms with Crippen LogP contribution in [0.15, 0.2) is 18.5 Å². The van der Waals surface area contributed by atoms with Gasteiger partial charge in [0.2, 0.25) is 0 Å². The van der Waals surface area contributed by atoms with Gasteiger partial charge in [0.15, 0.2) is 5.65 Å². The maximum Gasteiger partial charge on any atom is 0.257 e. The second kappa shape index (κ2) is 4.79. The molecule has 0 aliphatic heterocycles. The van der Waals surface area contributed by atoms with Crippen LogP contribution < -0.4 is 5.32 Å². The molecule has 2 heterocycles. The molecule has 2 unspecified atom stereocenters. The van der Waals surface area contributed by atoms with Gasteiger partial charge in [0, 0.05) is 17.9 Å². The molecule has 126 valence electrons. The second-order valence-corrected chi connectivity index (χ2v) is 8.07. The molecule has 4 aliphatic rings. The van der Waals surface area contributed by atoms with Crippen LogP contribution in [0.2, 0.25) is 0 Å². The Balaban J connectivity index is 1.42. The molecule has 24 heavy (non-hydrogen) atoms. The number of aromatic nitrogens is 3. The van der Waals surface area contributed by atoms with Crippen LogP contribution >= 0.6 is 0 Å². The fourth-order valence-corrected chi connectivity index (χ4v) is 5.62. The molecule has 4 fully saturated rings. The number of aliphatic hydroxyl groups is 1. The molecule has 6 nitrogen and oxygen atoms in total. The van der Waals surface area contributed by atoms with Gasteiger partial charge in [-0.3, -0.25) is 4.79 Å². The normalized spacial score (nSPS) is 37.1. The Morgan fingerprint density at radius 3 is 2.79 bits per heavy atom. The topological polar surface area (TPSA) is 79.5 Å². The van der Waals surface area contributed by atoms with Crippen LogP contribution in [-0.4, -0.2) is 37.3 Å². The minimum Gasteiger partial charge on any atom is -0.390 e. The summed E-state index contributed by atoms with van der Waals surface area (Å²) in [5, 5.41) is 18.2. The molecule has 4 saturated carbocycles. The van der Waals surface area contributed by atoms with E-state index in [2.05, 4.69) is 15.4 Å². The second-order valence-electron chi connectivity index (χ2n) is 8.07. The number of carbonyl (C=O) groups excluding carboxylic acids is 1. The molecule has 2 aromatic rings. The molecule has 2 N–H and O–H groups in total. The molecule has 0 aromatic carbocycles. The van der Waals surface area contributed by atoms with Crippen molar-refractivity contribution < 1.29 is 9.90 Å². The third-order valence-corrected chi connectivity index (χ3v) is 6.37. The Bertz CT molecular complexity index is 814. The summed E-state index contributed by atoms with van der Waals surface area (Å²) in [6.07, 6.45) is 8.20. The lowest BCUT2D eigenvalue weighted by molar-refractivity contribution is -0.136. The predicted octanol–water partition coefficient (Wildman–Crippen LogP) is 1.71. The summed E-state index contributed by atoms with van der Waals surface area (Å²) >= 11 is 0. The summed E-state index contributed by atoms with van der Waals surface area (Å²) in [6.45, 7) is 1.95. The molecular weight excluding hydrogens is 304 g/mol. The van der Waals surface area contributed by atoms with Gasteiger partial charge in [0.25, 0.3) is 5.91 Å². The van der Waals surface area contributed by atoms with Gasteiger partial charge in [0.1, 0.15) is 5.56 Å². The van der Waals surface area contributed by atoms with E-state index in [4.69, 9.17) is 0 Å². The van der Waals surface area contributed by atoms with E-state index in [-0.39, 0.29) is 11.9 Å². The van der Waals surface area contributed by atoms with E-state index in [1.54, 1.807) is 16.9 Å². The van der Waals surface area contributed by atoms with Crippen molar-refractivity contribution in [1.29, 1.82) is 0 Å². The molecule has 2 atom stereocenters. The van der Waals surface area contributed by atoms with Gasteiger partial charge in [0.05, 0.1) is 11.8 Å². The highest BCUT2D eigenvalue weighted by Crippen LogP contribution is 2.55. The summed E-state index contributed by atoms with van der Waals surface area (Å²) in [7, 11) is 0. The Morgan fingerprint density at radius 1 is 1.33 bits per heavy atom. The standard InChI is InChI=1S/C18H22N4O2/c1-10-2-3-19-16-14(9-20-22(10)16)17(23)21-15-12-4-11-5-13(15)8-18(24,6-11)7-12/h2-3,9,11-13,15,24H,4-8H2,1H3,(H,21,23). The highest BCUT2D eigenvalue weighted by molar-refractivity contribution is 5.99. The van der Waals surface area contributed by atoms with E-state index < -0.39 is 5.60 Å². The van der Waals surface area contributed by atoms with Crippen molar-refractivity contribution in [3.05, 3.63) is 29.7 Å². The van der Waals surface area contributed by atoms with Crippen molar-refractivity contribution in [2.75, 3.05) is 0 Å². The van der Waals surface area contributed by atoms with Crippen LogP contribution in [0.3, 0.4) is 0 Å². The van der Waals surface area contributed by atoms with Gasteiger partial charge in [-0.2, -0.15) is 5.10 Å². The fraction of sp³-hybridized carbons (Fsp3) is 0.611. The lowest BCUT2D eigenvalue weighted by Crippen LogP contribution is -2.61. The maximum absolute atomic E-state index is 12.8. The van der Waals surface area contributed by atoms with Crippen LogP contribution in [0, 0.1) is 24.7 Å². The summed E-state index contributed by atoms with van der Waals surface area (Å²) < 4.78 is 1.70. The van der Waals surface area contributed by atoms with Gasteiger partial charge >= 0.3 is 0 Å². The number of carbonyl (C=O) groups is 1. The van der Waals surface area contributed by atoms with Crippen molar-refractivity contribution in [3.8, 4) is 0 Å². The third kappa shape index (κ3) is 2.02. The van der Waals surface area contributed by atoms with Gasteiger partial charge in [-0.1, -0.05) is 0 Å². The molecule has 4 aliphatic carbocycles. The van der Waals surface area contributed by atoms with E-state index in [9.17, 15) is 9.90 Å². The van der Waals surface area contributed by atoms with E-state index in [1.807, 2.05) is 13.0 Å². The molecule has 1 amide bonds. The minimum atomic E-state index is -0.471. The average Bonchev–Trinajstić information content (AvgIpc) is 2.94. The Hall–Kier alpha value is -1.95. The lowest BCUT2D eigenvalue weighted by atomic mass is 9.52. The van der Waals surface area contributed by atoms with Crippen LogP contribution in [0.25, 0.3) is 5.65 Å². The molecule has 6 heteroatoms. The molecule has 6 rings (SSSR count). The van der Waals surface area contributed by atoms with E-state index in [0.29, 0.717) is 29.0 Å². The van der Waals surface area contributed by atoms with Crippen molar-refractivity contribution in [2.24, 2.45) is 17.8 Å². The van der Waals surface area contributed by atoms with Crippen LogP contribution in [-0.2, 0) is 0 Å². The fourth-order valence-electron chi connectivity index (χ4n) is 5.62. The minimum absolute atomic E-state index is 0.0902. The molecule has 0 radical (unpaired) electrons. The first-order chi connectivity index (χ1) is 11.5. The number of amides is 1. The zero-order valence-corrected chi connectivity index (χ0v) is 13.8. The molecule has 0 saturated heterocycles. The highest BCUT2D eigenvalue weighted by Gasteiger charge is 2.55. The number of nitrogens with zero attached hydrogens (tertiary/aromatic N) is 3. The summed E-state index contributed by atoms with van der Waals surface area (Å²) in [5.74, 6) is 1.36. The Labute approximate surface area is 140 Å². The van der Waals surface area contributed by atoms with Gasteiger partial charge in [-0.25, -0.2) is 9.50 Å². The van der Waals surface area contributed by atoms with E-state index >= 15 is 0 Å². The van der Waals surface area contributed by atoms with Crippen LogP contribution in [0.4, 0.5) is 0 Å². The lowest BCUT2D eigenvalue weighted by Gasteiger charge is -2.58. The Kier molecular flexibility index (Phi) is 2.87. The number of aryl methyl sites for hydroxylation is 1. The predicted molar refractivity (Wildman–Crippen MR) is 87.5 cm³/mol. The first-order valence-electron chi connectivity index (χ1n) is 8.85. The summed E-state index contributed by atoms with van der Waals surface area (Å²) in [6, 6.07) is 2.05. The number of hydrogen-bond donors (Lipinski definition) is 2. The van der Waals surface area contributed by atoms with Crippen molar-refractivity contribution in [3.63, 3.8) is 0 Å². The van der Waals surface area contributed by atoms with E-state index in [0.717, 1.165) is 37.8 Å². The SMILES string of the molecule is Cc1ccnc2c(C(=O)NC3C4CC5CC3CC(O)(C5)C4)cnn12. The van der Waals surface area contributed by atoms with Crippen LogP contribution in [0.5, 0.6) is 0 Å². The summed E-state index contributed by atoms with van der Waals surface area (Å²) in [4.78, 5) is 17.2. The monoisotopic (exact) mass is 326 g/mol. The molecule has 0 spiro atoms. The maximum atomic E-state index is 12.8. The van der Waals surface area contributed by atoms with Crippen molar-refractivity contribution in [2.45, 2.75) is 50.7 Å². The van der Waals surface area contributed by atoms with Gasteiger partial charge in [-0.15, -0.1) is 0 Å². The number of hydrogen-bond acceptors (Lipinski definition) is 4. The molecular formula is C18H22N4O2. The van der Waals surface area contributed by atoms with Gasteiger partial charge < -0.3 is 10.4 Å². The van der Waals surface area contributed by atoms with Crippen LogP contribution in [0.1, 0.15) is 48.2 Å².